The maximum absolute atomic E-state index is 12.3. The van der Waals surface area contributed by atoms with Gasteiger partial charge >= 0.3 is 0 Å². The summed E-state index contributed by atoms with van der Waals surface area (Å²) in [6.45, 7) is 1.04. The molecule has 0 unspecified atom stereocenters. The second-order valence-electron chi connectivity index (χ2n) is 4.43. The van der Waals surface area contributed by atoms with Gasteiger partial charge in [-0.05, 0) is 31.0 Å². The fourth-order valence-corrected chi connectivity index (χ4v) is 1.85. The third-order valence-corrected chi connectivity index (χ3v) is 3.01. The van der Waals surface area contributed by atoms with Crippen LogP contribution in [-0.2, 0) is 4.74 Å². The smallest absolute Gasteiger partial charge is 0.254 e. The third-order valence-electron chi connectivity index (χ3n) is 3.01. The van der Waals surface area contributed by atoms with Crippen LogP contribution in [0.5, 0.6) is 11.5 Å². The predicted molar refractivity (Wildman–Crippen MR) is 65.7 cm³/mol. The maximum atomic E-state index is 12.3. The number of benzene rings is 1. The first kappa shape index (κ1) is 12.7. The lowest BCUT2D eigenvalue weighted by molar-refractivity contribution is 0.0680. The van der Waals surface area contributed by atoms with Gasteiger partial charge in [0.25, 0.3) is 5.91 Å². The summed E-state index contributed by atoms with van der Waals surface area (Å²) < 4.78 is 5.00. The average Bonchev–Trinajstić information content (AvgIpc) is 3.17. The lowest BCUT2D eigenvalue weighted by Crippen LogP contribution is -2.35. The summed E-state index contributed by atoms with van der Waals surface area (Å²) >= 11 is 0. The number of amides is 1. The first-order valence-corrected chi connectivity index (χ1v) is 5.95. The highest BCUT2D eigenvalue weighted by molar-refractivity contribution is 5.95. The van der Waals surface area contributed by atoms with Crippen LogP contribution in [0.3, 0.4) is 0 Å². The van der Waals surface area contributed by atoms with Gasteiger partial charge in [0.2, 0.25) is 0 Å². The first-order valence-electron chi connectivity index (χ1n) is 5.95. The van der Waals surface area contributed by atoms with Crippen LogP contribution in [0, 0.1) is 0 Å². The Morgan fingerprint density at radius 1 is 1.39 bits per heavy atom. The minimum absolute atomic E-state index is 0.134. The number of carbonyl (C=O) groups is 1. The Labute approximate surface area is 106 Å². The van der Waals surface area contributed by atoms with Crippen LogP contribution in [0.15, 0.2) is 18.2 Å². The van der Waals surface area contributed by atoms with Crippen LogP contribution in [0.25, 0.3) is 0 Å². The molecule has 0 radical (unpaired) electrons. The highest BCUT2D eigenvalue weighted by Gasteiger charge is 2.32. The Morgan fingerprint density at radius 3 is 2.67 bits per heavy atom. The summed E-state index contributed by atoms with van der Waals surface area (Å²) in [6.07, 6.45) is 2.03. The molecule has 2 N–H and O–H groups in total. The number of phenols is 2. The van der Waals surface area contributed by atoms with Crippen molar-refractivity contribution < 1.29 is 19.7 Å². The lowest BCUT2D eigenvalue weighted by atomic mass is 10.1. The summed E-state index contributed by atoms with van der Waals surface area (Å²) in [7, 11) is 1.60. The van der Waals surface area contributed by atoms with E-state index in [1.54, 1.807) is 12.0 Å². The molecule has 1 saturated carbocycles. The highest BCUT2D eigenvalue weighted by Crippen LogP contribution is 2.30. The molecule has 0 atom stereocenters. The number of phenolic OH excluding ortho intramolecular Hbond substituents is 2. The van der Waals surface area contributed by atoms with Gasteiger partial charge in [-0.2, -0.15) is 0 Å². The summed E-state index contributed by atoms with van der Waals surface area (Å²) in [5.74, 6) is -0.630. The van der Waals surface area contributed by atoms with Crippen LogP contribution < -0.4 is 0 Å². The Balaban J connectivity index is 2.13. The molecule has 0 heterocycles. The second kappa shape index (κ2) is 5.27. The van der Waals surface area contributed by atoms with Gasteiger partial charge in [-0.15, -0.1) is 0 Å². The quantitative estimate of drug-likeness (QED) is 0.775. The van der Waals surface area contributed by atoms with E-state index < -0.39 is 0 Å². The molecule has 18 heavy (non-hydrogen) atoms. The third kappa shape index (κ3) is 2.73. The molecule has 2 rings (SSSR count). The van der Waals surface area contributed by atoms with Gasteiger partial charge in [0.05, 0.1) is 6.61 Å². The van der Waals surface area contributed by atoms with Crippen molar-refractivity contribution in [1.82, 2.24) is 4.90 Å². The van der Waals surface area contributed by atoms with Gasteiger partial charge < -0.3 is 19.8 Å². The van der Waals surface area contributed by atoms with Crippen molar-refractivity contribution in [3.8, 4) is 11.5 Å². The molecule has 1 fully saturated rings. The zero-order valence-corrected chi connectivity index (χ0v) is 10.3. The van der Waals surface area contributed by atoms with Crippen molar-refractivity contribution in [2.24, 2.45) is 0 Å². The number of methoxy groups -OCH3 is 1. The maximum Gasteiger partial charge on any atom is 0.254 e. The second-order valence-corrected chi connectivity index (χ2v) is 4.43. The zero-order valence-electron chi connectivity index (χ0n) is 10.3. The molecule has 1 aromatic carbocycles. The molecule has 0 bridgehead atoms. The zero-order chi connectivity index (χ0) is 13.1. The normalized spacial score (nSPS) is 14.5. The minimum Gasteiger partial charge on any atom is -0.504 e. The fraction of sp³-hybridized carbons (Fsp3) is 0.462. The molecule has 5 nitrogen and oxygen atoms in total. The molecule has 0 spiro atoms. The van der Waals surface area contributed by atoms with E-state index in [2.05, 4.69) is 0 Å². The highest BCUT2D eigenvalue weighted by atomic mass is 16.5. The van der Waals surface area contributed by atoms with E-state index in [4.69, 9.17) is 4.74 Å². The van der Waals surface area contributed by atoms with Gasteiger partial charge in [-0.3, -0.25) is 4.79 Å². The number of nitrogens with zero attached hydrogens (tertiary/aromatic N) is 1. The van der Waals surface area contributed by atoms with E-state index >= 15 is 0 Å². The molecule has 1 aliphatic carbocycles. The van der Waals surface area contributed by atoms with Crippen molar-refractivity contribution in [3.63, 3.8) is 0 Å². The van der Waals surface area contributed by atoms with Crippen LogP contribution in [0.2, 0.25) is 0 Å². The van der Waals surface area contributed by atoms with Gasteiger partial charge in [-0.1, -0.05) is 0 Å². The summed E-state index contributed by atoms with van der Waals surface area (Å²) in [4.78, 5) is 14.0. The van der Waals surface area contributed by atoms with E-state index in [0.717, 1.165) is 12.8 Å². The van der Waals surface area contributed by atoms with Gasteiger partial charge in [0.15, 0.2) is 11.5 Å². The van der Waals surface area contributed by atoms with Gasteiger partial charge in [0, 0.05) is 25.3 Å². The molecule has 5 heteroatoms. The average molecular weight is 251 g/mol. The Hall–Kier alpha value is -1.75. The molecule has 1 aliphatic rings. The van der Waals surface area contributed by atoms with Gasteiger partial charge in [-0.25, -0.2) is 0 Å². The molecular formula is C13H17NO4. The van der Waals surface area contributed by atoms with Crippen molar-refractivity contribution in [1.29, 1.82) is 0 Å². The molecule has 0 aromatic heterocycles. The SMILES string of the molecule is COCCN(C(=O)c1ccc(O)c(O)c1)C1CC1. The van der Waals surface area contributed by atoms with E-state index in [1.165, 1.54) is 18.2 Å². The van der Waals surface area contributed by atoms with Crippen molar-refractivity contribution in [3.05, 3.63) is 23.8 Å². The number of carbonyl (C=O) groups excluding carboxylic acids is 1. The molecular weight excluding hydrogens is 234 g/mol. The van der Waals surface area contributed by atoms with Crippen molar-refractivity contribution >= 4 is 5.91 Å². The summed E-state index contributed by atoms with van der Waals surface area (Å²) in [5.41, 5.74) is 0.383. The predicted octanol–water partition coefficient (Wildman–Crippen LogP) is 1.35. The largest absolute Gasteiger partial charge is 0.504 e. The molecule has 0 aliphatic heterocycles. The first-order chi connectivity index (χ1) is 8.63. The standard InChI is InChI=1S/C13H17NO4/c1-18-7-6-14(10-3-4-10)13(17)9-2-5-11(15)12(16)8-9/h2,5,8,10,15-16H,3-4,6-7H2,1H3. The molecule has 0 saturated heterocycles. The lowest BCUT2D eigenvalue weighted by Gasteiger charge is -2.22. The number of hydrogen-bond acceptors (Lipinski definition) is 4. The Kier molecular flexibility index (Phi) is 3.72. The van der Waals surface area contributed by atoms with E-state index in [0.29, 0.717) is 18.7 Å². The topological polar surface area (TPSA) is 70.0 Å². The van der Waals surface area contributed by atoms with Crippen LogP contribution in [0.1, 0.15) is 23.2 Å². The number of rotatable bonds is 5. The fourth-order valence-electron chi connectivity index (χ4n) is 1.85. The number of hydrogen-bond donors (Lipinski definition) is 2. The van der Waals surface area contributed by atoms with E-state index in [1.807, 2.05) is 0 Å². The monoisotopic (exact) mass is 251 g/mol. The van der Waals surface area contributed by atoms with Crippen LogP contribution in [0.4, 0.5) is 0 Å². The number of aromatic hydroxyl groups is 2. The molecule has 1 aromatic rings. The van der Waals surface area contributed by atoms with Gasteiger partial charge in [0.1, 0.15) is 0 Å². The summed E-state index contributed by atoms with van der Waals surface area (Å²) in [5, 5.41) is 18.6. The van der Waals surface area contributed by atoms with E-state index in [-0.39, 0.29) is 23.4 Å². The van der Waals surface area contributed by atoms with Crippen LogP contribution >= 0.6 is 0 Å². The molecule has 1 amide bonds. The number of ether oxygens (including phenoxy) is 1. The van der Waals surface area contributed by atoms with Crippen molar-refractivity contribution in [2.75, 3.05) is 20.3 Å². The van der Waals surface area contributed by atoms with E-state index in [9.17, 15) is 15.0 Å². The summed E-state index contributed by atoms with van der Waals surface area (Å²) in [6, 6.07) is 4.41. The van der Waals surface area contributed by atoms with Crippen LogP contribution in [-0.4, -0.2) is 47.3 Å². The molecule has 98 valence electrons. The van der Waals surface area contributed by atoms with Crippen molar-refractivity contribution in [2.45, 2.75) is 18.9 Å². The Bertz CT molecular complexity index is 443. The minimum atomic E-state index is -0.275. The Morgan fingerprint density at radius 2 is 2.11 bits per heavy atom.